The molecule has 10 heteroatoms. The minimum absolute atomic E-state index is 0. The van der Waals surface area contributed by atoms with E-state index in [0.717, 1.165) is 38.3 Å². The van der Waals surface area contributed by atoms with Gasteiger partial charge in [0.1, 0.15) is 18.5 Å². The average Bonchev–Trinajstić information content (AvgIpc) is 2.71. The molecular formula is C22H29Cl4N3O3. The van der Waals surface area contributed by atoms with Gasteiger partial charge in [-0.1, -0.05) is 41.4 Å². The summed E-state index contributed by atoms with van der Waals surface area (Å²) >= 11 is 12.1. The average molecular weight is 525 g/mol. The topological polar surface area (TPSA) is 65.0 Å². The van der Waals surface area contributed by atoms with Gasteiger partial charge in [-0.2, -0.15) is 0 Å². The summed E-state index contributed by atoms with van der Waals surface area (Å²) in [6.45, 7) is 6.58. The van der Waals surface area contributed by atoms with Gasteiger partial charge in [-0.3, -0.25) is 14.6 Å². The van der Waals surface area contributed by atoms with Crippen molar-refractivity contribution in [3.63, 3.8) is 0 Å². The molecule has 3 rings (SSSR count). The first-order valence-electron chi connectivity index (χ1n) is 9.97. The number of nitrogens with zero attached hydrogens (tertiary/aromatic N) is 2. The van der Waals surface area contributed by atoms with Crippen molar-refractivity contribution in [2.45, 2.75) is 19.6 Å². The van der Waals surface area contributed by atoms with Gasteiger partial charge in [-0.25, -0.2) is 0 Å². The van der Waals surface area contributed by atoms with Gasteiger partial charge in [0, 0.05) is 46.2 Å². The molecular weight excluding hydrogens is 496 g/mol. The molecule has 2 aromatic carbocycles. The van der Waals surface area contributed by atoms with Crippen LogP contribution in [0.2, 0.25) is 10.0 Å². The number of nitrogens with one attached hydrogen (secondary N) is 1. The van der Waals surface area contributed by atoms with Crippen LogP contribution in [-0.2, 0) is 11.3 Å². The number of halogens is 4. The van der Waals surface area contributed by atoms with Crippen molar-refractivity contribution in [3.8, 4) is 5.75 Å². The molecule has 1 atom stereocenters. The van der Waals surface area contributed by atoms with E-state index < -0.39 is 6.10 Å². The van der Waals surface area contributed by atoms with E-state index in [2.05, 4.69) is 15.1 Å². The lowest BCUT2D eigenvalue weighted by atomic mass is 10.2. The van der Waals surface area contributed by atoms with E-state index in [1.165, 1.54) is 6.92 Å². The minimum atomic E-state index is -0.614. The Bertz CT molecular complexity index is 864. The number of piperazine rings is 1. The van der Waals surface area contributed by atoms with Crippen LogP contribution in [0, 0.1) is 0 Å². The number of benzene rings is 2. The van der Waals surface area contributed by atoms with Crippen LogP contribution in [0.15, 0.2) is 42.5 Å². The Morgan fingerprint density at radius 2 is 1.72 bits per heavy atom. The number of β-amino-alcohol motifs (C(OH)–C–C–N with tert-alkyl or cyclic N) is 1. The zero-order valence-corrected chi connectivity index (χ0v) is 20.9. The SMILES string of the molecule is CC(=O)Nc1ccccc1OCC(O)CN1CCN(Cc2ccc(Cl)c(Cl)c2)CC1.Cl.Cl. The first-order chi connectivity index (χ1) is 14.4. The monoisotopic (exact) mass is 523 g/mol. The Balaban J connectivity index is 0.00000256. The fraction of sp³-hybridized carbons (Fsp3) is 0.409. The third-order valence-corrected chi connectivity index (χ3v) is 5.69. The fourth-order valence-electron chi connectivity index (χ4n) is 3.45. The van der Waals surface area contributed by atoms with Crippen LogP contribution in [0.5, 0.6) is 5.75 Å². The maximum atomic E-state index is 11.3. The molecule has 2 aromatic rings. The molecule has 1 heterocycles. The predicted molar refractivity (Wildman–Crippen MR) is 135 cm³/mol. The molecule has 32 heavy (non-hydrogen) atoms. The summed E-state index contributed by atoms with van der Waals surface area (Å²) in [5, 5.41) is 14.3. The Morgan fingerprint density at radius 1 is 1.06 bits per heavy atom. The van der Waals surface area contributed by atoms with Crippen molar-refractivity contribution in [3.05, 3.63) is 58.1 Å². The van der Waals surface area contributed by atoms with E-state index in [0.29, 0.717) is 28.0 Å². The second kappa shape index (κ2) is 14.1. The van der Waals surface area contributed by atoms with Gasteiger partial charge >= 0.3 is 0 Å². The predicted octanol–water partition coefficient (Wildman–Crippen LogP) is 4.35. The number of rotatable bonds is 8. The normalized spacial score (nSPS) is 15.2. The zero-order chi connectivity index (χ0) is 21.5. The van der Waals surface area contributed by atoms with E-state index in [4.69, 9.17) is 27.9 Å². The number of hydrogen-bond donors (Lipinski definition) is 2. The van der Waals surface area contributed by atoms with Crippen LogP contribution in [0.4, 0.5) is 5.69 Å². The number of ether oxygens (including phenoxy) is 1. The van der Waals surface area contributed by atoms with E-state index in [1.54, 1.807) is 12.1 Å². The summed E-state index contributed by atoms with van der Waals surface area (Å²) in [6, 6.07) is 13.0. The highest BCUT2D eigenvalue weighted by Crippen LogP contribution is 2.24. The number of hydrogen-bond acceptors (Lipinski definition) is 5. The van der Waals surface area contributed by atoms with E-state index in [-0.39, 0.29) is 37.3 Å². The van der Waals surface area contributed by atoms with Crippen molar-refractivity contribution in [2.75, 3.05) is 44.6 Å². The molecule has 0 saturated carbocycles. The molecule has 6 nitrogen and oxygen atoms in total. The number of amides is 1. The number of para-hydroxylation sites is 2. The lowest BCUT2D eigenvalue weighted by Crippen LogP contribution is -2.48. The number of carbonyl (C=O) groups excluding carboxylic acids is 1. The Labute approximate surface area is 211 Å². The summed E-state index contributed by atoms with van der Waals surface area (Å²) in [6.07, 6.45) is -0.614. The Kier molecular flexibility index (Phi) is 12.7. The molecule has 1 amide bonds. The van der Waals surface area contributed by atoms with Crippen molar-refractivity contribution >= 4 is 59.6 Å². The quantitative estimate of drug-likeness (QED) is 0.537. The summed E-state index contributed by atoms with van der Waals surface area (Å²) in [5.74, 6) is 0.392. The lowest BCUT2D eigenvalue weighted by Gasteiger charge is -2.35. The largest absolute Gasteiger partial charge is 0.489 e. The maximum absolute atomic E-state index is 11.3. The van der Waals surface area contributed by atoms with Crippen LogP contribution in [0.25, 0.3) is 0 Å². The molecule has 0 aliphatic carbocycles. The highest BCUT2D eigenvalue weighted by Gasteiger charge is 2.20. The number of carbonyl (C=O) groups is 1. The third kappa shape index (κ3) is 8.94. The molecule has 1 unspecified atom stereocenters. The van der Waals surface area contributed by atoms with Crippen molar-refractivity contribution in [1.82, 2.24) is 9.80 Å². The molecule has 1 saturated heterocycles. The van der Waals surface area contributed by atoms with Gasteiger partial charge in [0.25, 0.3) is 0 Å². The fourth-order valence-corrected chi connectivity index (χ4v) is 3.77. The van der Waals surface area contributed by atoms with E-state index >= 15 is 0 Å². The molecule has 2 N–H and O–H groups in total. The van der Waals surface area contributed by atoms with Gasteiger partial charge < -0.3 is 15.2 Å². The summed E-state index contributed by atoms with van der Waals surface area (Å²) in [7, 11) is 0. The number of anilines is 1. The van der Waals surface area contributed by atoms with Gasteiger partial charge in [-0.05, 0) is 29.8 Å². The van der Waals surface area contributed by atoms with Crippen molar-refractivity contribution < 1.29 is 14.6 Å². The molecule has 178 valence electrons. The molecule has 1 aliphatic rings. The zero-order valence-electron chi connectivity index (χ0n) is 17.8. The molecule has 0 bridgehead atoms. The van der Waals surface area contributed by atoms with Crippen molar-refractivity contribution in [2.24, 2.45) is 0 Å². The molecule has 0 aromatic heterocycles. The smallest absolute Gasteiger partial charge is 0.221 e. The minimum Gasteiger partial charge on any atom is -0.489 e. The highest BCUT2D eigenvalue weighted by atomic mass is 35.5. The van der Waals surface area contributed by atoms with Gasteiger partial charge in [0.2, 0.25) is 5.91 Å². The first-order valence-corrected chi connectivity index (χ1v) is 10.7. The Hall–Kier alpha value is -1.25. The second-order valence-electron chi connectivity index (χ2n) is 7.47. The molecule has 0 spiro atoms. The summed E-state index contributed by atoms with van der Waals surface area (Å²) in [4.78, 5) is 15.9. The highest BCUT2D eigenvalue weighted by molar-refractivity contribution is 6.42. The van der Waals surface area contributed by atoms with Crippen LogP contribution in [0.1, 0.15) is 12.5 Å². The van der Waals surface area contributed by atoms with Crippen molar-refractivity contribution in [1.29, 1.82) is 0 Å². The molecule has 1 aliphatic heterocycles. The van der Waals surface area contributed by atoms with Gasteiger partial charge in [-0.15, -0.1) is 24.8 Å². The van der Waals surface area contributed by atoms with Crippen LogP contribution in [0.3, 0.4) is 0 Å². The third-order valence-electron chi connectivity index (χ3n) is 4.95. The Morgan fingerprint density at radius 3 is 2.38 bits per heavy atom. The van der Waals surface area contributed by atoms with E-state index in [1.807, 2.05) is 30.3 Å². The number of aliphatic hydroxyl groups is 1. The first kappa shape index (κ1) is 28.8. The van der Waals surface area contributed by atoms with Crippen LogP contribution >= 0.6 is 48.0 Å². The summed E-state index contributed by atoms with van der Waals surface area (Å²) in [5.41, 5.74) is 1.75. The van der Waals surface area contributed by atoms with Crippen LogP contribution < -0.4 is 10.1 Å². The van der Waals surface area contributed by atoms with Gasteiger partial charge in [0.15, 0.2) is 0 Å². The maximum Gasteiger partial charge on any atom is 0.221 e. The van der Waals surface area contributed by atoms with Crippen LogP contribution in [-0.4, -0.2) is 66.2 Å². The van der Waals surface area contributed by atoms with E-state index in [9.17, 15) is 9.90 Å². The van der Waals surface area contributed by atoms with Gasteiger partial charge in [0.05, 0.1) is 15.7 Å². The molecule has 1 fully saturated rings. The standard InChI is InChI=1S/C22H27Cl2N3O3.2ClH/c1-16(28)25-21-4-2-3-5-22(21)30-15-18(29)14-27-10-8-26(9-11-27)13-17-6-7-19(23)20(24)12-17;;/h2-7,12,18,29H,8-11,13-15H2,1H3,(H,25,28);2*1H. The summed E-state index contributed by atoms with van der Waals surface area (Å²) < 4.78 is 5.74. The second-order valence-corrected chi connectivity index (χ2v) is 8.28. The number of aliphatic hydroxyl groups excluding tert-OH is 1. The lowest BCUT2D eigenvalue weighted by molar-refractivity contribution is -0.114. The molecule has 0 radical (unpaired) electrons.